The predicted octanol–water partition coefficient (Wildman–Crippen LogP) is 3.84. The number of nitrogens with one attached hydrogen (secondary N) is 1. The summed E-state index contributed by atoms with van der Waals surface area (Å²) in [6, 6.07) is 12.3. The van der Waals surface area contributed by atoms with E-state index in [1.165, 1.54) is 11.3 Å². The topological polar surface area (TPSA) is 63.4 Å². The van der Waals surface area contributed by atoms with Crippen LogP contribution in [0.1, 0.15) is 29.3 Å². The molecule has 8 heteroatoms. The fourth-order valence-corrected chi connectivity index (χ4v) is 4.08. The zero-order valence-electron chi connectivity index (χ0n) is 18.5. The van der Waals surface area contributed by atoms with Crippen molar-refractivity contribution in [1.29, 1.82) is 0 Å². The minimum Gasteiger partial charge on any atom is -0.497 e. The number of hydrogen-bond acceptors (Lipinski definition) is 4. The highest BCUT2D eigenvalue weighted by atomic mass is 127. The molecule has 0 bridgehead atoms. The molecule has 3 aromatic rings. The highest BCUT2D eigenvalue weighted by molar-refractivity contribution is 14.0. The van der Waals surface area contributed by atoms with Gasteiger partial charge in [0.05, 0.1) is 26.5 Å². The van der Waals surface area contributed by atoms with Crippen LogP contribution in [-0.4, -0.2) is 54.6 Å². The fourth-order valence-electron chi connectivity index (χ4n) is 4.08. The van der Waals surface area contributed by atoms with Crippen molar-refractivity contribution in [3.63, 3.8) is 0 Å². The summed E-state index contributed by atoms with van der Waals surface area (Å²) in [4.78, 5) is 11.5. The summed E-state index contributed by atoms with van der Waals surface area (Å²) < 4.78 is 13.0. The first-order valence-electron chi connectivity index (χ1n) is 10.2. The normalized spacial score (nSPS) is 16.3. The van der Waals surface area contributed by atoms with Gasteiger partial charge in [-0.25, -0.2) is 4.98 Å². The molecule has 1 aromatic carbocycles. The first-order chi connectivity index (χ1) is 14.6. The number of ether oxygens (including phenoxy) is 2. The van der Waals surface area contributed by atoms with Crippen LogP contribution < -0.4 is 14.8 Å². The number of aryl methyl sites for hydroxylation is 1. The highest BCUT2D eigenvalue weighted by Gasteiger charge is 2.27. The van der Waals surface area contributed by atoms with E-state index >= 15 is 0 Å². The lowest BCUT2D eigenvalue weighted by Crippen LogP contribution is -2.39. The summed E-state index contributed by atoms with van der Waals surface area (Å²) in [6.07, 6.45) is 3.14. The van der Waals surface area contributed by atoms with Gasteiger partial charge in [0.25, 0.3) is 0 Å². The SMILES string of the molecule is CN=C(NCc1cn2c(C)cccc2n1)N1CCC(c2cc(OC)cc(OC)c2)C1.I. The van der Waals surface area contributed by atoms with Crippen LogP contribution in [0.3, 0.4) is 0 Å². The van der Waals surface area contributed by atoms with Crippen molar-refractivity contribution in [2.24, 2.45) is 4.99 Å². The molecule has 1 atom stereocenters. The van der Waals surface area contributed by atoms with Crippen LogP contribution in [0, 0.1) is 6.92 Å². The third kappa shape index (κ3) is 5.06. The van der Waals surface area contributed by atoms with E-state index in [2.05, 4.69) is 50.9 Å². The van der Waals surface area contributed by atoms with E-state index < -0.39 is 0 Å². The molecule has 4 rings (SSSR count). The fraction of sp³-hybridized carbons (Fsp3) is 0.391. The van der Waals surface area contributed by atoms with Gasteiger partial charge < -0.3 is 24.1 Å². The maximum atomic E-state index is 5.43. The van der Waals surface area contributed by atoms with Crippen molar-refractivity contribution in [3.05, 3.63) is 59.5 Å². The highest BCUT2D eigenvalue weighted by Crippen LogP contribution is 2.32. The molecule has 1 aliphatic rings. The summed E-state index contributed by atoms with van der Waals surface area (Å²) in [6.45, 7) is 4.58. The second-order valence-electron chi connectivity index (χ2n) is 7.61. The second-order valence-corrected chi connectivity index (χ2v) is 7.61. The molecule has 1 fully saturated rings. The number of imidazole rings is 1. The molecule has 166 valence electrons. The van der Waals surface area contributed by atoms with Crippen LogP contribution >= 0.6 is 24.0 Å². The molecule has 3 heterocycles. The van der Waals surface area contributed by atoms with Crippen LogP contribution in [0.2, 0.25) is 0 Å². The number of aromatic nitrogens is 2. The molecular formula is C23H30IN5O2. The van der Waals surface area contributed by atoms with E-state index in [1.54, 1.807) is 14.2 Å². The monoisotopic (exact) mass is 535 g/mol. The van der Waals surface area contributed by atoms with Crippen LogP contribution in [0.5, 0.6) is 11.5 Å². The van der Waals surface area contributed by atoms with Crippen molar-refractivity contribution in [1.82, 2.24) is 19.6 Å². The molecule has 0 spiro atoms. The lowest BCUT2D eigenvalue weighted by atomic mass is 9.98. The Morgan fingerprint density at radius 2 is 1.94 bits per heavy atom. The van der Waals surface area contributed by atoms with Crippen molar-refractivity contribution in [3.8, 4) is 11.5 Å². The van der Waals surface area contributed by atoms with E-state index in [0.717, 1.165) is 48.3 Å². The Hall–Kier alpha value is -2.49. The smallest absolute Gasteiger partial charge is 0.193 e. The molecule has 1 N–H and O–H groups in total. The molecule has 1 saturated heterocycles. The van der Waals surface area contributed by atoms with E-state index in [4.69, 9.17) is 14.5 Å². The van der Waals surface area contributed by atoms with Crippen LogP contribution in [0.25, 0.3) is 5.65 Å². The zero-order chi connectivity index (χ0) is 21.1. The summed E-state index contributed by atoms with van der Waals surface area (Å²) in [7, 11) is 5.20. The van der Waals surface area contributed by atoms with Gasteiger partial charge in [0, 0.05) is 44.0 Å². The first kappa shape index (κ1) is 23.2. The quantitative estimate of drug-likeness (QED) is 0.306. The van der Waals surface area contributed by atoms with Gasteiger partial charge in [-0.05, 0) is 43.2 Å². The third-order valence-electron chi connectivity index (χ3n) is 5.72. The Morgan fingerprint density at radius 3 is 2.58 bits per heavy atom. The number of pyridine rings is 1. The number of halogens is 1. The number of guanidine groups is 1. The van der Waals surface area contributed by atoms with Gasteiger partial charge in [0.15, 0.2) is 5.96 Å². The Morgan fingerprint density at radius 1 is 1.19 bits per heavy atom. The molecule has 31 heavy (non-hydrogen) atoms. The number of fused-ring (bicyclic) bond motifs is 1. The maximum Gasteiger partial charge on any atom is 0.193 e. The second kappa shape index (κ2) is 10.2. The van der Waals surface area contributed by atoms with Gasteiger partial charge >= 0.3 is 0 Å². The Bertz CT molecular complexity index is 1040. The summed E-state index contributed by atoms with van der Waals surface area (Å²) >= 11 is 0. The molecule has 0 saturated carbocycles. The summed E-state index contributed by atoms with van der Waals surface area (Å²) in [5.41, 5.74) is 4.38. The van der Waals surface area contributed by atoms with Gasteiger partial charge in [-0.15, -0.1) is 24.0 Å². The summed E-state index contributed by atoms with van der Waals surface area (Å²) in [5.74, 6) is 2.96. The van der Waals surface area contributed by atoms with Crippen LogP contribution in [0.4, 0.5) is 0 Å². The standard InChI is InChI=1S/C23H29N5O2.HI/c1-16-6-5-7-22-26-19(15-28(16)22)13-25-23(24-2)27-9-8-17(14-27)18-10-20(29-3)12-21(11-18)30-4;/h5-7,10-12,15,17H,8-9,13-14H2,1-4H3,(H,24,25);1H. The van der Waals surface area contributed by atoms with Gasteiger partial charge in [-0.3, -0.25) is 4.99 Å². The Balaban J connectivity index is 0.00000272. The van der Waals surface area contributed by atoms with Gasteiger partial charge in [-0.2, -0.15) is 0 Å². The predicted molar refractivity (Wildman–Crippen MR) is 134 cm³/mol. The van der Waals surface area contributed by atoms with Crippen molar-refractivity contribution in [2.75, 3.05) is 34.4 Å². The number of likely N-dealkylation sites (tertiary alicyclic amines) is 1. The van der Waals surface area contributed by atoms with Crippen LogP contribution in [-0.2, 0) is 6.54 Å². The average Bonchev–Trinajstić information content (AvgIpc) is 3.42. The molecule has 0 aliphatic carbocycles. The largest absolute Gasteiger partial charge is 0.497 e. The van der Waals surface area contributed by atoms with Crippen molar-refractivity contribution >= 4 is 35.6 Å². The molecule has 1 unspecified atom stereocenters. The average molecular weight is 535 g/mol. The van der Waals surface area contributed by atoms with Gasteiger partial charge in [0.1, 0.15) is 17.1 Å². The molecule has 2 aromatic heterocycles. The maximum absolute atomic E-state index is 5.43. The third-order valence-corrected chi connectivity index (χ3v) is 5.72. The van der Waals surface area contributed by atoms with E-state index in [9.17, 15) is 0 Å². The molecule has 1 aliphatic heterocycles. The molecule has 0 radical (unpaired) electrons. The van der Waals surface area contributed by atoms with Crippen molar-refractivity contribution < 1.29 is 9.47 Å². The zero-order valence-corrected chi connectivity index (χ0v) is 20.8. The number of nitrogens with zero attached hydrogens (tertiary/aromatic N) is 4. The van der Waals surface area contributed by atoms with E-state index in [-0.39, 0.29) is 24.0 Å². The van der Waals surface area contributed by atoms with E-state index in [0.29, 0.717) is 12.5 Å². The lowest BCUT2D eigenvalue weighted by Gasteiger charge is -2.21. The van der Waals surface area contributed by atoms with Crippen LogP contribution in [0.15, 0.2) is 47.6 Å². The first-order valence-corrected chi connectivity index (χ1v) is 10.2. The molecule has 0 amide bonds. The Kier molecular flexibility index (Phi) is 7.64. The van der Waals surface area contributed by atoms with E-state index in [1.807, 2.05) is 25.2 Å². The molecule has 7 nitrogen and oxygen atoms in total. The van der Waals surface area contributed by atoms with Gasteiger partial charge in [-0.1, -0.05) is 6.07 Å². The minimum atomic E-state index is 0. The number of methoxy groups -OCH3 is 2. The molecular weight excluding hydrogens is 505 g/mol. The van der Waals surface area contributed by atoms with Crippen molar-refractivity contribution in [2.45, 2.75) is 25.8 Å². The minimum absolute atomic E-state index is 0. The summed E-state index contributed by atoms with van der Waals surface area (Å²) in [5, 5.41) is 3.48. The number of aliphatic imine (C=N–C) groups is 1. The van der Waals surface area contributed by atoms with Gasteiger partial charge in [0.2, 0.25) is 0 Å². The number of rotatable bonds is 5. The number of hydrogen-bond donors (Lipinski definition) is 1. The number of benzene rings is 1. The Labute approximate surface area is 200 Å². The lowest BCUT2D eigenvalue weighted by molar-refractivity contribution is 0.392.